The van der Waals surface area contributed by atoms with Crippen molar-refractivity contribution in [3.05, 3.63) is 57.1 Å². The van der Waals surface area contributed by atoms with Crippen molar-refractivity contribution in [2.45, 2.75) is 27.4 Å². The molecule has 0 aromatic heterocycles. The Morgan fingerprint density at radius 2 is 1.74 bits per heavy atom. The van der Waals surface area contributed by atoms with Crippen LogP contribution in [0.25, 0.3) is 0 Å². The first-order chi connectivity index (χ1) is 8.99. The molecule has 3 heteroatoms. The number of hydrogen-bond donors (Lipinski definition) is 1. The zero-order chi connectivity index (χ0) is 14.0. The molecule has 0 heterocycles. The van der Waals surface area contributed by atoms with Gasteiger partial charge in [-0.25, -0.2) is 0 Å². The molecule has 2 nitrogen and oxygen atoms in total. The number of halogens is 1. The van der Waals surface area contributed by atoms with Crippen molar-refractivity contribution in [1.82, 2.24) is 0 Å². The summed E-state index contributed by atoms with van der Waals surface area (Å²) in [6.45, 7) is 6.90. The van der Waals surface area contributed by atoms with E-state index >= 15 is 0 Å². The third-order valence-corrected chi connectivity index (χ3v) is 4.05. The highest BCUT2D eigenvalue weighted by Gasteiger charge is 2.08. The van der Waals surface area contributed by atoms with Gasteiger partial charge in [0, 0.05) is 5.69 Å². The van der Waals surface area contributed by atoms with Gasteiger partial charge in [-0.3, -0.25) is 0 Å². The van der Waals surface area contributed by atoms with E-state index in [4.69, 9.17) is 10.5 Å². The van der Waals surface area contributed by atoms with Crippen LogP contribution in [0.2, 0.25) is 0 Å². The summed E-state index contributed by atoms with van der Waals surface area (Å²) in [5.41, 5.74) is 11.6. The molecular formula is C16H18BrNO. The number of nitrogen functional groups attached to an aromatic ring is 1. The third kappa shape index (κ3) is 3.10. The molecule has 2 rings (SSSR count). The molecule has 0 aliphatic rings. The SMILES string of the molecule is Cc1cc(C)c(COc2cccc(N)c2Br)c(C)c1. The Bertz CT molecular complexity index is 585. The molecule has 0 atom stereocenters. The number of rotatable bonds is 3. The summed E-state index contributed by atoms with van der Waals surface area (Å²) in [5, 5.41) is 0. The van der Waals surface area contributed by atoms with Crippen LogP contribution in [0.15, 0.2) is 34.8 Å². The molecule has 0 aliphatic carbocycles. The van der Waals surface area contributed by atoms with E-state index in [0.29, 0.717) is 12.3 Å². The van der Waals surface area contributed by atoms with Gasteiger partial charge in [-0.15, -0.1) is 0 Å². The number of benzene rings is 2. The van der Waals surface area contributed by atoms with E-state index in [1.54, 1.807) is 0 Å². The molecule has 100 valence electrons. The van der Waals surface area contributed by atoms with Gasteiger partial charge in [0.1, 0.15) is 12.4 Å². The van der Waals surface area contributed by atoms with Crippen molar-refractivity contribution in [3.63, 3.8) is 0 Å². The molecule has 0 saturated carbocycles. The van der Waals surface area contributed by atoms with Crippen molar-refractivity contribution in [3.8, 4) is 5.75 Å². The minimum Gasteiger partial charge on any atom is -0.488 e. The number of hydrogen-bond acceptors (Lipinski definition) is 2. The lowest BCUT2D eigenvalue weighted by Gasteiger charge is -2.14. The second kappa shape index (κ2) is 5.66. The van der Waals surface area contributed by atoms with Gasteiger partial charge >= 0.3 is 0 Å². The number of aryl methyl sites for hydroxylation is 3. The maximum Gasteiger partial charge on any atom is 0.136 e. The summed E-state index contributed by atoms with van der Waals surface area (Å²) in [5.74, 6) is 0.777. The second-order valence-electron chi connectivity index (χ2n) is 4.83. The quantitative estimate of drug-likeness (QED) is 0.843. The third-order valence-electron chi connectivity index (χ3n) is 3.21. The van der Waals surface area contributed by atoms with Crippen LogP contribution in [0.4, 0.5) is 5.69 Å². The Kier molecular flexibility index (Phi) is 4.15. The fourth-order valence-electron chi connectivity index (χ4n) is 2.23. The van der Waals surface area contributed by atoms with Crippen LogP contribution in [-0.2, 0) is 6.61 Å². The molecule has 0 amide bonds. The molecular weight excluding hydrogens is 302 g/mol. The molecule has 2 N–H and O–H groups in total. The van der Waals surface area contributed by atoms with Gasteiger partial charge in [-0.05, 0) is 65.5 Å². The molecule has 0 bridgehead atoms. The second-order valence-corrected chi connectivity index (χ2v) is 5.62. The fourth-order valence-corrected chi connectivity index (χ4v) is 2.61. The van der Waals surface area contributed by atoms with E-state index in [1.165, 1.54) is 22.3 Å². The van der Waals surface area contributed by atoms with Gasteiger partial charge in [0.05, 0.1) is 4.47 Å². The van der Waals surface area contributed by atoms with Crippen LogP contribution in [0, 0.1) is 20.8 Å². The Labute approximate surface area is 122 Å². The average Bonchev–Trinajstić information content (AvgIpc) is 2.33. The molecule has 19 heavy (non-hydrogen) atoms. The van der Waals surface area contributed by atoms with E-state index < -0.39 is 0 Å². The summed E-state index contributed by atoms with van der Waals surface area (Å²) in [6, 6.07) is 10.0. The molecule has 0 aliphatic heterocycles. The maximum absolute atomic E-state index is 5.88. The van der Waals surface area contributed by atoms with Crippen LogP contribution in [0.1, 0.15) is 22.3 Å². The molecule has 0 unspecified atom stereocenters. The molecule has 0 spiro atoms. The van der Waals surface area contributed by atoms with E-state index in [1.807, 2.05) is 18.2 Å². The Morgan fingerprint density at radius 1 is 1.11 bits per heavy atom. The zero-order valence-corrected chi connectivity index (χ0v) is 13.0. The van der Waals surface area contributed by atoms with E-state index in [-0.39, 0.29) is 0 Å². The molecule has 2 aromatic carbocycles. The fraction of sp³-hybridized carbons (Fsp3) is 0.250. The van der Waals surface area contributed by atoms with E-state index in [9.17, 15) is 0 Å². The largest absolute Gasteiger partial charge is 0.488 e. The highest BCUT2D eigenvalue weighted by atomic mass is 79.9. The van der Waals surface area contributed by atoms with Crippen LogP contribution in [0.5, 0.6) is 5.75 Å². The summed E-state index contributed by atoms with van der Waals surface area (Å²) < 4.78 is 6.70. The van der Waals surface area contributed by atoms with Crippen molar-refractivity contribution < 1.29 is 4.74 Å². The van der Waals surface area contributed by atoms with Gasteiger partial charge in [-0.2, -0.15) is 0 Å². The standard InChI is InChI=1S/C16H18BrNO/c1-10-7-11(2)13(12(3)8-10)9-19-15-6-4-5-14(18)16(15)17/h4-8H,9,18H2,1-3H3. The first kappa shape index (κ1) is 13.9. The van der Waals surface area contributed by atoms with Gasteiger partial charge in [0.25, 0.3) is 0 Å². The predicted octanol–water partition coefficient (Wildman–Crippen LogP) is 4.54. The molecule has 0 radical (unpaired) electrons. The summed E-state index contributed by atoms with van der Waals surface area (Å²) >= 11 is 3.45. The Morgan fingerprint density at radius 3 is 2.37 bits per heavy atom. The predicted molar refractivity (Wildman–Crippen MR) is 83.5 cm³/mol. The van der Waals surface area contributed by atoms with Gasteiger partial charge in [0.2, 0.25) is 0 Å². The molecule has 0 fully saturated rings. The normalized spacial score (nSPS) is 10.5. The van der Waals surface area contributed by atoms with Gasteiger partial charge in [0.15, 0.2) is 0 Å². The van der Waals surface area contributed by atoms with Crippen LogP contribution >= 0.6 is 15.9 Å². The first-order valence-electron chi connectivity index (χ1n) is 6.22. The van der Waals surface area contributed by atoms with Crippen molar-refractivity contribution in [2.24, 2.45) is 0 Å². The highest BCUT2D eigenvalue weighted by molar-refractivity contribution is 9.10. The topological polar surface area (TPSA) is 35.2 Å². The van der Waals surface area contributed by atoms with Crippen LogP contribution in [-0.4, -0.2) is 0 Å². The first-order valence-corrected chi connectivity index (χ1v) is 7.02. The van der Waals surface area contributed by atoms with E-state index in [2.05, 4.69) is 48.8 Å². The lowest BCUT2D eigenvalue weighted by molar-refractivity contribution is 0.303. The molecule has 2 aromatic rings. The average molecular weight is 320 g/mol. The van der Waals surface area contributed by atoms with Crippen LogP contribution in [0.3, 0.4) is 0 Å². The van der Waals surface area contributed by atoms with Crippen LogP contribution < -0.4 is 10.5 Å². The van der Waals surface area contributed by atoms with Crippen molar-refractivity contribution in [2.75, 3.05) is 5.73 Å². The lowest BCUT2D eigenvalue weighted by Crippen LogP contribution is -2.02. The minimum absolute atomic E-state index is 0.556. The number of anilines is 1. The zero-order valence-electron chi connectivity index (χ0n) is 11.5. The molecule has 0 saturated heterocycles. The smallest absolute Gasteiger partial charge is 0.136 e. The number of nitrogens with two attached hydrogens (primary N) is 1. The Balaban J connectivity index is 2.22. The monoisotopic (exact) mass is 319 g/mol. The highest BCUT2D eigenvalue weighted by Crippen LogP contribution is 2.31. The van der Waals surface area contributed by atoms with Gasteiger partial charge < -0.3 is 10.5 Å². The maximum atomic E-state index is 5.88. The lowest BCUT2D eigenvalue weighted by atomic mass is 10.0. The minimum atomic E-state index is 0.556. The van der Waals surface area contributed by atoms with Crippen molar-refractivity contribution >= 4 is 21.6 Å². The van der Waals surface area contributed by atoms with Gasteiger partial charge in [-0.1, -0.05) is 23.8 Å². The van der Waals surface area contributed by atoms with E-state index in [0.717, 1.165) is 10.2 Å². The Hall–Kier alpha value is -1.48. The summed E-state index contributed by atoms with van der Waals surface area (Å²) in [7, 11) is 0. The summed E-state index contributed by atoms with van der Waals surface area (Å²) in [6.07, 6.45) is 0. The van der Waals surface area contributed by atoms with Crippen molar-refractivity contribution in [1.29, 1.82) is 0 Å². The number of ether oxygens (including phenoxy) is 1. The summed E-state index contributed by atoms with van der Waals surface area (Å²) in [4.78, 5) is 0.